The lowest BCUT2D eigenvalue weighted by atomic mass is 10.1. The van der Waals surface area contributed by atoms with Gasteiger partial charge in [0, 0.05) is 24.3 Å². The highest BCUT2D eigenvalue weighted by atomic mass is 32.2. The molecule has 1 aliphatic rings. The average molecular weight is 521 g/mol. The summed E-state index contributed by atoms with van der Waals surface area (Å²) < 4.78 is 37.2. The van der Waals surface area contributed by atoms with Crippen LogP contribution in [0, 0.1) is 11.8 Å². The summed E-state index contributed by atoms with van der Waals surface area (Å²) in [6, 6.07) is 20.7. The summed E-state index contributed by atoms with van der Waals surface area (Å²) >= 11 is 0. The van der Waals surface area contributed by atoms with Crippen LogP contribution in [-0.2, 0) is 19.4 Å². The summed E-state index contributed by atoms with van der Waals surface area (Å²) in [6.07, 6.45) is -0.577. The van der Waals surface area contributed by atoms with E-state index in [2.05, 4.69) is 16.7 Å². The molecule has 0 aromatic heterocycles. The van der Waals surface area contributed by atoms with Gasteiger partial charge in [-0.2, -0.15) is 0 Å². The van der Waals surface area contributed by atoms with Crippen molar-refractivity contribution in [2.45, 2.75) is 16.2 Å². The van der Waals surface area contributed by atoms with E-state index in [0.29, 0.717) is 24.5 Å². The van der Waals surface area contributed by atoms with Crippen molar-refractivity contribution in [1.82, 2.24) is 0 Å². The number of carboxylic acid groups (broad SMARTS) is 1. The van der Waals surface area contributed by atoms with Gasteiger partial charge >= 0.3 is 5.97 Å². The molecule has 8 nitrogen and oxygen atoms in total. The van der Waals surface area contributed by atoms with Gasteiger partial charge in [-0.15, -0.1) is 0 Å². The number of rotatable bonds is 7. The van der Waals surface area contributed by atoms with Crippen LogP contribution < -0.4 is 15.4 Å². The number of ether oxygens (including phenoxy) is 2. The van der Waals surface area contributed by atoms with Crippen LogP contribution in [0.15, 0.2) is 77.7 Å². The molecule has 3 aromatic rings. The molecule has 1 unspecified atom stereocenters. The van der Waals surface area contributed by atoms with Gasteiger partial charge in [0.2, 0.25) is 14.7 Å². The number of morpholine rings is 1. The summed E-state index contributed by atoms with van der Waals surface area (Å²) in [5.41, 5.74) is 9.24. The number of aliphatic carboxylic acids is 1. The molecule has 0 amide bonds. The minimum Gasteiger partial charge on any atom is -0.497 e. The van der Waals surface area contributed by atoms with Crippen molar-refractivity contribution in [1.29, 1.82) is 0 Å². The summed E-state index contributed by atoms with van der Waals surface area (Å²) in [4.78, 5) is 11.5. The summed E-state index contributed by atoms with van der Waals surface area (Å²) in [5, 5.41) is 9.82. The molecular formula is C28H28N2O6S. The van der Waals surface area contributed by atoms with Gasteiger partial charge < -0.3 is 25.2 Å². The van der Waals surface area contributed by atoms with Crippen molar-refractivity contribution < 1.29 is 27.8 Å². The van der Waals surface area contributed by atoms with Crippen molar-refractivity contribution in [3.05, 3.63) is 78.4 Å². The SMILES string of the molecule is COc1ccc(-c2ccc(S(=O)(=O)C(N)(CC#Cc3cccc(N4CCOCC4)c3)C(=O)O)cc2)cc1. The van der Waals surface area contributed by atoms with Gasteiger partial charge in [-0.25, -0.2) is 13.2 Å². The molecule has 1 fully saturated rings. The third kappa shape index (κ3) is 5.62. The molecule has 37 heavy (non-hydrogen) atoms. The third-order valence-electron chi connectivity index (χ3n) is 6.24. The zero-order chi connectivity index (χ0) is 26.5. The molecule has 1 saturated heterocycles. The lowest BCUT2D eigenvalue weighted by Gasteiger charge is -2.28. The Bertz CT molecular complexity index is 1420. The second kappa shape index (κ2) is 11.0. The number of hydrogen-bond acceptors (Lipinski definition) is 7. The Kier molecular flexibility index (Phi) is 7.83. The van der Waals surface area contributed by atoms with Gasteiger partial charge in [-0.05, 0) is 53.6 Å². The zero-order valence-corrected chi connectivity index (χ0v) is 21.2. The van der Waals surface area contributed by atoms with Crippen LogP contribution in [0.5, 0.6) is 5.75 Å². The molecule has 0 radical (unpaired) electrons. The van der Waals surface area contributed by atoms with Gasteiger partial charge in [0.05, 0.1) is 31.6 Å². The lowest BCUT2D eigenvalue weighted by molar-refractivity contribution is -0.139. The van der Waals surface area contributed by atoms with Crippen LogP contribution in [0.1, 0.15) is 12.0 Å². The van der Waals surface area contributed by atoms with Crippen molar-refractivity contribution in [2.24, 2.45) is 5.73 Å². The van der Waals surface area contributed by atoms with Crippen molar-refractivity contribution in [2.75, 3.05) is 38.3 Å². The van der Waals surface area contributed by atoms with Crippen LogP contribution >= 0.6 is 0 Å². The van der Waals surface area contributed by atoms with E-state index < -0.39 is 27.1 Å². The Morgan fingerprint density at radius 1 is 1.05 bits per heavy atom. The number of nitrogens with two attached hydrogens (primary N) is 1. The van der Waals surface area contributed by atoms with Crippen molar-refractivity contribution >= 4 is 21.5 Å². The van der Waals surface area contributed by atoms with Crippen molar-refractivity contribution in [3.63, 3.8) is 0 Å². The fourth-order valence-corrected chi connectivity index (χ4v) is 5.39. The van der Waals surface area contributed by atoms with Gasteiger partial charge in [0.1, 0.15) is 5.75 Å². The van der Waals surface area contributed by atoms with E-state index in [1.165, 1.54) is 12.1 Å². The quantitative estimate of drug-likeness (QED) is 0.456. The predicted octanol–water partition coefficient (Wildman–Crippen LogP) is 3.15. The largest absolute Gasteiger partial charge is 0.497 e. The Balaban J connectivity index is 1.55. The maximum Gasteiger partial charge on any atom is 0.340 e. The molecule has 9 heteroatoms. The maximum absolute atomic E-state index is 13.3. The minimum absolute atomic E-state index is 0.189. The summed E-state index contributed by atoms with van der Waals surface area (Å²) in [7, 11) is -2.88. The van der Waals surface area contributed by atoms with E-state index in [-0.39, 0.29) is 4.90 Å². The fraction of sp³-hybridized carbons (Fsp3) is 0.250. The van der Waals surface area contributed by atoms with Crippen LogP contribution in [0.2, 0.25) is 0 Å². The molecule has 0 aliphatic carbocycles. The molecule has 0 bridgehead atoms. The first-order valence-electron chi connectivity index (χ1n) is 11.7. The van der Waals surface area contributed by atoms with Gasteiger partial charge in [0.25, 0.3) is 0 Å². The molecule has 1 aliphatic heterocycles. The van der Waals surface area contributed by atoms with Gasteiger partial charge in [-0.1, -0.05) is 42.2 Å². The number of methoxy groups -OCH3 is 1. The first-order chi connectivity index (χ1) is 17.7. The predicted molar refractivity (Wildman–Crippen MR) is 141 cm³/mol. The monoisotopic (exact) mass is 520 g/mol. The van der Waals surface area contributed by atoms with Gasteiger partial charge in [0.15, 0.2) is 0 Å². The Labute approximate surface area is 216 Å². The topological polar surface area (TPSA) is 119 Å². The van der Waals surface area contributed by atoms with E-state index in [0.717, 1.165) is 29.9 Å². The highest BCUT2D eigenvalue weighted by Crippen LogP contribution is 2.28. The van der Waals surface area contributed by atoms with E-state index in [1.807, 2.05) is 30.3 Å². The van der Waals surface area contributed by atoms with E-state index in [1.54, 1.807) is 37.4 Å². The maximum atomic E-state index is 13.3. The van der Waals surface area contributed by atoms with Crippen molar-refractivity contribution in [3.8, 4) is 28.7 Å². The molecule has 3 N–H and O–H groups in total. The molecule has 0 saturated carbocycles. The van der Waals surface area contributed by atoms with Crippen LogP contribution in [-0.4, -0.2) is 57.8 Å². The Morgan fingerprint density at radius 2 is 1.68 bits per heavy atom. The number of sulfone groups is 1. The molecule has 1 atom stereocenters. The molecular weight excluding hydrogens is 492 g/mol. The standard InChI is InChI=1S/C28H28N2O6S/c1-35-25-11-7-22(8-12-25)23-9-13-26(14-10-23)37(33,34)28(29,27(31)32)15-3-5-21-4-2-6-24(20-21)30-16-18-36-19-17-30/h2,4,6-14,20H,15-19,29H2,1H3,(H,31,32). The van der Waals surface area contributed by atoms with Crippen LogP contribution in [0.25, 0.3) is 11.1 Å². The second-order valence-corrected chi connectivity index (χ2v) is 10.8. The highest BCUT2D eigenvalue weighted by Gasteiger charge is 2.48. The Morgan fingerprint density at radius 3 is 2.27 bits per heavy atom. The number of benzene rings is 3. The first-order valence-corrected chi connectivity index (χ1v) is 13.2. The first kappa shape index (κ1) is 26.2. The van der Waals surface area contributed by atoms with E-state index >= 15 is 0 Å². The summed E-state index contributed by atoms with van der Waals surface area (Å²) in [6.45, 7) is 2.81. The second-order valence-electron chi connectivity index (χ2n) is 8.58. The van der Waals surface area contributed by atoms with Crippen LogP contribution in [0.3, 0.4) is 0 Å². The number of hydrogen-bond donors (Lipinski definition) is 2. The number of carboxylic acids is 1. The van der Waals surface area contributed by atoms with E-state index in [9.17, 15) is 18.3 Å². The lowest BCUT2D eigenvalue weighted by Crippen LogP contribution is -2.54. The molecule has 4 rings (SSSR count). The third-order valence-corrected chi connectivity index (χ3v) is 8.41. The Hall–Kier alpha value is -3.84. The summed E-state index contributed by atoms with van der Waals surface area (Å²) in [5.74, 6) is 4.60. The van der Waals surface area contributed by atoms with E-state index in [4.69, 9.17) is 15.2 Å². The molecule has 0 spiro atoms. The molecule has 1 heterocycles. The number of nitrogens with zero attached hydrogens (tertiary/aromatic N) is 1. The highest BCUT2D eigenvalue weighted by molar-refractivity contribution is 7.93. The fourth-order valence-electron chi connectivity index (χ4n) is 3.99. The van der Waals surface area contributed by atoms with Crippen LogP contribution in [0.4, 0.5) is 5.69 Å². The number of carbonyl (C=O) groups is 1. The smallest absolute Gasteiger partial charge is 0.340 e. The van der Waals surface area contributed by atoms with Gasteiger partial charge in [-0.3, -0.25) is 0 Å². The normalized spacial score (nSPS) is 15.2. The molecule has 3 aromatic carbocycles. The zero-order valence-electron chi connectivity index (χ0n) is 20.4. The number of anilines is 1. The average Bonchev–Trinajstić information content (AvgIpc) is 2.93. The minimum atomic E-state index is -4.46. The molecule has 192 valence electrons.